The third-order valence-corrected chi connectivity index (χ3v) is 4.75. The van der Waals surface area contributed by atoms with Crippen LogP contribution in [-0.2, 0) is 37.6 Å². The average molecular weight is 318 g/mol. The molecule has 0 bridgehead atoms. The molecule has 0 atom stereocenters. The number of thiazole rings is 1. The van der Waals surface area contributed by atoms with E-state index in [2.05, 4.69) is 17.0 Å². The van der Waals surface area contributed by atoms with Gasteiger partial charge in [-0.15, -0.1) is 11.3 Å². The van der Waals surface area contributed by atoms with E-state index in [1.165, 1.54) is 16.0 Å². The summed E-state index contributed by atoms with van der Waals surface area (Å²) in [7, 11) is 1.65. The molecule has 0 unspecified atom stereocenters. The molecule has 3 heterocycles. The average Bonchev–Trinajstić information content (AvgIpc) is 2.95. The van der Waals surface area contributed by atoms with E-state index in [1.54, 1.807) is 18.0 Å². The van der Waals surface area contributed by atoms with Crippen molar-refractivity contribution in [2.24, 2.45) is 7.05 Å². The van der Waals surface area contributed by atoms with Crippen molar-refractivity contribution in [3.8, 4) is 0 Å². The van der Waals surface area contributed by atoms with E-state index in [4.69, 9.17) is 0 Å². The fourth-order valence-corrected chi connectivity index (χ4v) is 3.41. The lowest BCUT2D eigenvalue weighted by Gasteiger charge is -2.28. The van der Waals surface area contributed by atoms with Crippen LogP contribution in [0.3, 0.4) is 0 Å². The van der Waals surface area contributed by atoms with E-state index in [0.717, 1.165) is 28.4 Å². The van der Waals surface area contributed by atoms with Crippen molar-refractivity contribution in [3.05, 3.63) is 43.8 Å². The van der Waals surface area contributed by atoms with Crippen LogP contribution in [-0.4, -0.2) is 32.1 Å². The molecule has 2 aromatic rings. The van der Waals surface area contributed by atoms with Crippen LogP contribution in [0.4, 0.5) is 0 Å². The normalized spacial score (nSPS) is 14.0. The molecule has 2 aromatic heterocycles. The molecule has 0 spiro atoms. The monoisotopic (exact) mass is 318 g/mol. The minimum Gasteiger partial charge on any atom is -0.338 e. The fraction of sp³-hybridized carbons (Fsp3) is 0.467. The number of nitrogens with zero attached hydrogens (tertiary/aromatic N) is 4. The van der Waals surface area contributed by atoms with E-state index in [-0.39, 0.29) is 11.5 Å². The Labute approximate surface area is 132 Å². The highest BCUT2D eigenvalue weighted by molar-refractivity contribution is 7.09. The van der Waals surface area contributed by atoms with Crippen LogP contribution in [0.1, 0.15) is 28.9 Å². The lowest BCUT2D eigenvalue weighted by Crippen LogP contribution is -2.39. The van der Waals surface area contributed by atoms with E-state index >= 15 is 0 Å². The quantitative estimate of drug-likeness (QED) is 0.844. The number of aromatic nitrogens is 3. The van der Waals surface area contributed by atoms with Crippen LogP contribution < -0.4 is 5.56 Å². The van der Waals surface area contributed by atoms with E-state index in [9.17, 15) is 9.59 Å². The van der Waals surface area contributed by atoms with E-state index < -0.39 is 0 Å². The summed E-state index contributed by atoms with van der Waals surface area (Å²) in [5.41, 5.74) is 2.66. The van der Waals surface area contributed by atoms with Gasteiger partial charge in [-0.05, 0) is 6.42 Å². The molecule has 1 aliphatic heterocycles. The number of amides is 1. The van der Waals surface area contributed by atoms with Crippen molar-refractivity contribution in [1.82, 2.24) is 19.7 Å². The largest absolute Gasteiger partial charge is 0.338 e. The molecular formula is C15H18N4O2S. The maximum atomic E-state index is 12.4. The first-order valence-electron chi connectivity index (χ1n) is 7.34. The maximum absolute atomic E-state index is 12.4. The summed E-state index contributed by atoms with van der Waals surface area (Å²) in [5, 5.41) is 7.12. The van der Waals surface area contributed by atoms with Crippen LogP contribution >= 0.6 is 11.3 Å². The van der Waals surface area contributed by atoms with Gasteiger partial charge in [0.15, 0.2) is 0 Å². The van der Waals surface area contributed by atoms with Crippen molar-refractivity contribution < 1.29 is 4.79 Å². The summed E-state index contributed by atoms with van der Waals surface area (Å²) in [6.45, 7) is 3.15. The second kappa shape index (κ2) is 6.00. The molecule has 1 amide bonds. The second-order valence-electron chi connectivity index (χ2n) is 5.41. The highest BCUT2D eigenvalue weighted by atomic mass is 32.1. The minimum atomic E-state index is -0.138. The zero-order chi connectivity index (χ0) is 15.7. The minimum absolute atomic E-state index is 0.0586. The third-order valence-electron chi connectivity index (χ3n) is 3.85. The molecule has 0 saturated heterocycles. The van der Waals surface area contributed by atoms with Gasteiger partial charge in [-0.2, -0.15) is 5.10 Å². The van der Waals surface area contributed by atoms with Crippen LogP contribution in [0.25, 0.3) is 0 Å². The highest BCUT2D eigenvalue weighted by Gasteiger charge is 2.23. The Kier molecular flexibility index (Phi) is 4.06. The number of hydrogen-bond donors (Lipinski definition) is 0. The fourth-order valence-electron chi connectivity index (χ4n) is 2.54. The summed E-state index contributed by atoms with van der Waals surface area (Å²) in [6, 6.07) is 1.58. The maximum Gasteiger partial charge on any atom is 0.266 e. The Hall–Kier alpha value is -2.02. The first-order chi connectivity index (χ1) is 10.6. The molecule has 7 heteroatoms. The van der Waals surface area contributed by atoms with Crippen molar-refractivity contribution in [1.29, 1.82) is 0 Å². The van der Waals surface area contributed by atoms with Crippen molar-refractivity contribution in [2.45, 2.75) is 32.7 Å². The number of rotatable bonds is 3. The number of fused-ring (bicyclic) bond motifs is 1. The number of aryl methyl sites for hydroxylation is 2. The van der Waals surface area contributed by atoms with Gasteiger partial charge >= 0.3 is 0 Å². The van der Waals surface area contributed by atoms with Crippen LogP contribution in [0, 0.1) is 0 Å². The number of hydrogen-bond acceptors (Lipinski definition) is 5. The Morgan fingerprint density at radius 1 is 1.45 bits per heavy atom. The molecule has 1 aliphatic rings. The molecule has 116 valence electrons. The predicted molar refractivity (Wildman–Crippen MR) is 83.8 cm³/mol. The molecule has 0 saturated carbocycles. The van der Waals surface area contributed by atoms with Gasteiger partial charge < -0.3 is 4.90 Å². The van der Waals surface area contributed by atoms with Gasteiger partial charge in [-0.25, -0.2) is 9.67 Å². The second-order valence-corrected chi connectivity index (χ2v) is 6.35. The van der Waals surface area contributed by atoms with Gasteiger partial charge in [0.25, 0.3) is 5.56 Å². The zero-order valence-electron chi connectivity index (χ0n) is 12.7. The van der Waals surface area contributed by atoms with E-state index in [0.29, 0.717) is 25.9 Å². The van der Waals surface area contributed by atoms with Gasteiger partial charge in [0.2, 0.25) is 5.91 Å². The summed E-state index contributed by atoms with van der Waals surface area (Å²) in [6.07, 6.45) is 1.91. The molecule has 0 aromatic carbocycles. The Balaban J connectivity index is 1.72. The molecule has 0 radical (unpaired) electrons. The van der Waals surface area contributed by atoms with Gasteiger partial charge in [0.1, 0.15) is 5.01 Å². The number of carbonyl (C=O) groups is 1. The number of carbonyl (C=O) groups excluding carboxylic acids is 1. The van der Waals surface area contributed by atoms with Gasteiger partial charge in [0, 0.05) is 43.6 Å². The Morgan fingerprint density at radius 2 is 2.27 bits per heavy atom. The summed E-state index contributed by atoms with van der Waals surface area (Å²) in [5.74, 6) is 0.0586. The summed E-state index contributed by atoms with van der Waals surface area (Å²) in [4.78, 5) is 30.3. The van der Waals surface area contributed by atoms with E-state index in [1.807, 2.05) is 5.38 Å². The first-order valence-corrected chi connectivity index (χ1v) is 8.22. The molecule has 22 heavy (non-hydrogen) atoms. The van der Waals surface area contributed by atoms with Gasteiger partial charge in [-0.1, -0.05) is 6.92 Å². The van der Waals surface area contributed by atoms with Crippen LogP contribution in [0.5, 0.6) is 0 Å². The molecule has 0 aliphatic carbocycles. The third kappa shape index (κ3) is 2.94. The molecule has 3 rings (SSSR count). The van der Waals surface area contributed by atoms with Crippen LogP contribution in [0.2, 0.25) is 0 Å². The summed E-state index contributed by atoms with van der Waals surface area (Å²) >= 11 is 1.53. The molecular weight excluding hydrogens is 300 g/mol. The highest BCUT2D eigenvalue weighted by Crippen LogP contribution is 2.17. The first kappa shape index (κ1) is 14.9. The van der Waals surface area contributed by atoms with Crippen molar-refractivity contribution >= 4 is 17.2 Å². The smallest absolute Gasteiger partial charge is 0.266 e. The van der Waals surface area contributed by atoms with Crippen molar-refractivity contribution in [3.63, 3.8) is 0 Å². The molecule has 0 fully saturated rings. The Bertz CT molecular complexity index is 765. The predicted octanol–water partition coefficient (Wildman–Crippen LogP) is 0.927. The molecule has 0 N–H and O–H groups in total. The van der Waals surface area contributed by atoms with Crippen molar-refractivity contribution in [2.75, 3.05) is 6.54 Å². The lowest BCUT2D eigenvalue weighted by atomic mass is 10.1. The van der Waals surface area contributed by atoms with Gasteiger partial charge in [-0.3, -0.25) is 9.59 Å². The SMILES string of the molecule is CCc1csc(CC(=O)N2CCc3nn(C)c(=O)cc3C2)n1. The molecule has 6 nitrogen and oxygen atoms in total. The zero-order valence-corrected chi connectivity index (χ0v) is 13.5. The Morgan fingerprint density at radius 3 is 3.00 bits per heavy atom. The summed E-state index contributed by atoms with van der Waals surface area (Å²) < 4.78 is 1.35. The van der Waals surface area contributed by atoms with Crippen LogP contribution in [0.15, 0.2) is 16.2 Å². The van der Waals surface area contributed by atoms with Gasteiger partial charge in [0.05, 0.1) is 17.8 Å². The standard InChI is InChI=1S/C15H18N4O2S/c1-3-11-9-22-13(16-11)7-15(21)19-5-4-12-10(8-19)6-14(20)18(2)17-12/h6,9H,3-5,7-8H2,1-2H3. The topological polar surface area (TPSA) is 68.1 Å². The lowest BCUT2D eigenvalue weighted by molar-refractivity contribution is -0.131.